The fourth-order valence-electron chi connectivity index (χ4n) is 2.99. The van der Waals surface area contributed by atoms with Crippen LogP contribution in [0.3, 0.4) is 0 Å². The Kier molecular flexibility index (Phi) is 5.97. The highest BCUT2D eigenvalue weighted by Crippen LogP contribution is 2.33. The summed E-state index contributed by atoms with van der Waals surface area (Å²) in [5.74, 6) is -1.68. The molecule has 2 aromatic rings. The van der Waals surface area contributed by atoms with Gasteiger partial charge in [0.15, 0.2) is 18.5 Å². The van der Waals surface area contributed by atoms with Gasteiger partial charge in [0.2, 0.25) is 0 Å². The number of nitrogens with zero attached hydrogens (tertiary/aromatic N) is 1. The van der Waals surface area contributed by atoms with Gasteiger partial charge in [-0.15, -0.1) is 0 Å². The first-order valence-electron chi connectivity index (χ1n) is 8.88. The van der Waals surface area contributed by atoms with Crippen molar-refractivity contribution in [1.82, 2.24) is 4.57 Å². The number of rotatable bonds is 5. The topological polar surface area (TPSA) is 104 Å². The van der Waals surface area contributed by atoms with Gasteiger partial charge in [-0.1, -0.05) is 17.7 Å². The number of hydrogen-bond acceptors (Lipinski definition) is 7. The Morgan fingerprint density at radius 3 is 2.55 bits per heavy atom. The number of aryl methyl sites for hydroxylation is 1. The van der Waals surface area contributed by atoms with Crippen molar-refractivity contribution in [3.63, 3.8) is 0 Å². The van der Waals surface area contributed by atoms with Gasteiger partial charge in [0, 0.05) is 19.2 Å². The number of carbonyl (C=O) groups is 2. The van der Waals surface area contributed by atoms with Crippen LogP contribution in [0.25, 0.3) is 0 Å². The molecular weight excluding hydrogens is 385 g/mol. The molecule has 0 radical (unpaired) electrons. The van der Waals surface area contributed by atoms with Gasteiger partial charge < -0.3 is 19.3 Å². The lowest BCUT2D eigenvalue weighted by Gasteiger charge is -2.20. The minimum atomic E-state index is -1.84. The highest BCUT2D eigenvalue weighted by atomic mass is 19.1. The molecule has 0 amide bonds. The summed E-state index contributed by atoms with van der Waals surface area (Å²) in [7, 11) is 0. The molecule has 1 aromatic carbocycles. The van der Waals surface area contributed by atoms with E-state index in [1.165, 1.54) is 12.3 Å². The van der Waals surface area contributed by atoms with E-state index in [0.29, 0.717) is 5.56 Å². The summed E-state index contributed by atoms with van der Waals surface area (Å²) in [6.45, 7) is 2.54. The van der Waals surface area contributed by atoms with E-state index in [-0.39, 0.29) is 5.75 Å². The number of aromatic hydroxyl groups is 1. The average Bonchev–Trinajstić information content (AvgIpc) is 2.96. The quantitative estimate of drug-likeness (QED) is 0.758. The molecule has 1 aliphatic heterocycles. The molecule has 0 bridgehead atoms. The van der Waals surface area contributed by atoms with Crippen LogP contribution in [0.5, 0.6) is 5.75 Å². The van der Waals surface area contributed by atoms with E-state index in [1.54, 1.807) is 24.3 Å². The van der Waals surface area contributed by atoms with Gasteiger partial charge in [-0.05, 0) is 25.1 Å². The summed E-state index contributed by atoms with van der Waals surface area (Å²) in [5.41, 5.74) is 0.597. The monoisotopic (exact) mass is 405 g/mol. The van der Waals surface area contributed by atoms with Crippen molar-refractivity contribution in [3.05, 3.63) is 64.1 Å². The molecule has 1 saturated heterocycles. The zero-order valence-electron chi connectivity index (χ0n) is 15.8. The van der Waals surface area contributed by atoms with Gasteiger partial charge in [-0.2, -0.15) is 0 Å². The minimum absolute atomic E-state index is 0.270. The third-order valence-corrected chi connectivity index (χ3v) is 4.44. The molecule has 0 unspecified atom stereocenters. The molecule has 1 fully saturated rings. The van der Waals surface area contributed by atoms with Crippen molar-refractivity contribution in [3.8, 4) is 5.75 Å². The molecule has 29 heavy (non-hydrogen) atoms. The maximum absolute atomic E-state index is 14.9. The van der Waals surface area contributed by atoms with E-state index in [2.05, 4.69) is 0 Å². The number of esters is 2. The number of halogens is 1. The summed E-state index contributed by atoms with van der Waals surface area (Å²) < 4.78 is 31.6. The molecule has 1 aliphatic rings. The lowest BCUT2D eigenvalue weighted by molar-refractivity contribution is -0.154. The van der Waals surface area contributed by atoms with E-state index in [9.17, 15) is 23.9 Å². The second-order valence-electron chi connectivity index (χ2n) is 6.68. The smallest absolute Gasteiger partial charge is 0.338 e. The normalized spacial score (nSPS) is 23.6. The molecule has 0 spiro atoms. The Balaban J connectivity index is 1.76. The molecule has 9 heteroatoms. The van der Waals surface area contributed by atoms with Crippen LogP contribution in [-0.2, 0) is 19.0 Å². The summed E-state index contributed by atoms with van der Waals surface area (Å²) in [6.07, 6.45) is -4.58. The summed E-state index contributed by atoms with van der Waals surface area (Å²) >= 11 is 0. The average molecular weight is 405 g/mol. The Morgan fingerprint density at radius 1 is 1.24 bits per heavy atom. The summed E-state index contributed by atoms with van der Waals surface area (Å²) in [6, 6.07) is 8.79. The highest BCUT2D eigenvalue weighted by molar-refractivity contribution is 5.89. The van der Waals surface area contributed by atoms with Crippen LogP contribution in [0.4, 0.5) is 4.39 Å². The van der Waals surface area contributed by atoms with Crippen molar-refractivity contribution in [2.75, 3.05) is 6.61 Å². The van der Waals surface area contributed by atoms with Gasteiger partial charge in [-0.3, -0.25) is 14.2 Å². The van der Waals surface area contributed by atoms with Crippen molar-refractivity contribution < 1.29 is 33.3 Å². The van der Waals surface area contributed by atoms with Crippen LogP contribution in [0.1, 0.15) is 29.1 Å². The second-order valence-corrected chi connectivity index (χ2v) is 6.68. The zero-order valence-corrected chi connectivity index (χ0v) is 15.8. The van der Waals surface area contributed by atoms with Crippen molar-refractivity contribution in [2.45, 2.75) is 38.5 Å². The predicted molar refractivity (Wildman–Crippen MR) is 98.2 cm³/mol. The lowest BCUT2D eigenvalue weighted by Crippen LogP contribution is -2.36. The minimum Gasteiger partial charge on any atom is -0.508 e. The predicted octanol–water partition coefficient (Wildman–Crippen LogP) is 1.89. The molecule has 0 aliphatic carbocycles. The van der Waals surface area contributed by atoms with Gasteiger partial charge in [-0.25, -0.2) is 9.18 Å². The standard InChI is InChI=1S/C20H20FNO7/c1-11-3-5-13(6-4-11)20(26)27-10-15-17(21)18(28-12(2)23)19(29-15)22-8-7-14(24)9-16(22)25/h3-9,15,17-19,24H,10H2,1-2H3/t15-,17-,18-,19-/m1/s1. The lowest BCUT2D eigenvalue weighted by atomic mass is 10.1. The van der Waals surface area contributed by atoms with Crippen molar-refractivity contribution >= 4 is 11.9 Å². The van der Waals surface area contributed by atoms with Gasteiger partial charge in [0.05, 0.1) is 5.56 Å². The first kappa shape index (κ1) is 20.5. The summed E-state index contributed by atoms with van der Waals surface area (Å²) in [4.78, 5) is 35.7. The molecule has 154 valence electrons. The number of carbonyl (C=O) groups excluding carboxylic acids is 2. The zero-order chi connectivity index (χ0) is 21.1. The molecule has 1 N–H and O–H groups in total. The third kappa shape index (κ3) is 4.62. The second kappa shape index (κ2) is 8.44. The Labute approximate surface area is 165 Å². The molecule has 2 heterocycles. The largest absolute Gasteiger partial charge is 0.508 e. The maximum Gasteiger partial charge on any atom is 0.338 e. The van der Waals surface area contributed by atoms with E-state index < -0.39 is 48.7 Å². The number of aromatic nitrogens is 1. The SMILES string of the molecule is CC(=O)O[C@@H]1[C@H](F)[C@@H](COC(=O)c2ccc(C)cc2)O[C@H]1n1ccc(O)cc1=O. The van der Waals surface area contributed by atoms with Crippen LogP contribution in [0, 0.1) is 6.92 Å². The van der Waals surface area contributed by atoms with Crippen LogP contribution < -0.4 is 5.56 Å². The van der Waals surface area contributed by atoms with Crippen LogP contribution in [0.2, 0.25) is 0 Å². The number of pyridine rings is 1. The number of hydrogen-bond donors (Lipinski definition) is 1. The molecule has 0 saturated carbocycles. The highest BCUT2D eigenvalue weighted by Gasteiger charge is 2.49. The van der Waals surface area contributed by atoms with Gasteiger partial charge >= 0.3 is 11.9 Å². The maximum atomic E-state index is 14.9. The van der Waals surface area contributed by atoms with E-state index >= 15 is 0 Å². The number of ether oxygens (including phenoxy) is 3. The molecule has 4 atom stereocenters. The number of benzene rings is 1. The van der Waals surface area contributed by atoms with E-state index in [0.717, 1.165) is 23.1 Å². The summed E-state index contributed by atoms with van der Waals surface area (Å²) in [5, 5.41) is 9.40. The van der Waals surface area contributed by atoms with Crippen LogP contribution in [-0.4, -0.2) is 46.6 Å². The van der Waals surface area contributed by atoms with E-state index in [1.807, 2.05) is 6.92 Å². The fourth-order valence-corrected chi connectivity index (χ4v) is 2.99. The van der Waals surface area contributed by atoms with Crippen LogP contribution in [0.15, 0.2) is 47.4 Å². The molecular formula is C20H20FNO7. The van der Waals surface area contributed by atoms with Crippen molar-refractivity contribution in [1.29, 1.82) is 0 Å². The first-order chi connectivity index (χ1) is 13.8. The Hall–Kier alpha value is -3.20. The third-order valence-electron chi connectivity index (χ3n) is 4.44. The van der Waals surface area contributed by atoms with Crippen molar-refractivity contribution in [2.24, 2.45) is 0 Å². The Morgan fingerprint density at radius 2 is 1.93 bits per heavy atom. The molecule has 8 nitrogen and oxygen atoms in total. The Bertz CT molecular complexity index is 956. The van der Waals surface area contributed by atoms with Crippen LogP contribution >= 0.6 is 0 Å². The molecule has 3 rings (SSSR count). The first-order valence-corrected chi connectivity index (χ1v) is 8.88. The van der Waals surface area contributed by atoms with Gasteiger partial charge in [0.25, 0.3) is 5.56 Å². The van der Waals surface area contributed by atoms with E-state index in [4.69, 9.17) is 14.2 Å². The number of alkyl halides is 1. The fraction of sp³-hybridized carbons (Fsp3) is 0.350. The van der Waals surface area contributed by atoms with Gasteiger partial charge in [0.1, 0.15) is 18.5 Å². The molecule has 1 aromatic heterocycles.